The molecule has 3 nitrogen and oxygen atoms in total. The molecule has 2 aliphatic rings. The highest BCUT2D eigenvalue weighted by Gasteiger charge is 2.40. The molecule has 0 aromatic rings. The van der Waals surface area contributed by atoms with E-state index in [0.29, 0.717) is 6.04 Å². The molecule has 0 spiro atoms. The fourth-order valence-electron chi connectivity index (χ4n) is 2.35. The van der Waals surface area contributed by atoms with E-state index in [4.69, 9.17) is 0 Å². The van der Waals surface area contributed by atoms with Gasteiger partial charge in [-0.1, -0.05) is 25.6 Å². The molecule has 17 heavy (non-hydrogen) atoms. The van der Waals surface area contributed by atoms with E-state index < -0.39 is 0 Å². The van der Waals surface area contributed by atoms with Crippen molar-refractivity contribution in [1.82, 2.24) is 5.32 Å². The van der Waals surface area contributed by atoms with Crippen molar-refractivity contribution in [3.8, 4) is 0 Å². The predicted octanol–water partition coefficient (Wildman–Crippen LogP) is 2.95. The molecule has 1 aliphatic heterocycles. The number of amidine groups is 1. The Morgan fingerprint density at radius 3 is 2.59 bits per heavy atom. The third-order valence-corrected chi connectivity index (χ3v) is 5.31. The number of thioether (sulfide) groups is 1. The molecule has 0 bridgehead atoms. The second kappa shape index (κ2) is 5.01. The molecule has 0 saturated heterocycles. The van der Waals surface area contributed by atoms with Crippen LogP contribution in [0.2, 0.25) is 0 Å². The molecule has 4 heteroatoms. The van der Waals surface area contributed by atoms with Gasteiger partial charge < -0.3 is 5.32 Å². The maximum absolute atomic E-state index is 11.8. The third-order valence-electron chi connectivity index (χ3n) is 4.00. The van der Waals surface area contributed by atoms with Crippen molar-refractivity contribution in [3.63, 3.8) is 0 Å². The molecule has 2 rings (SSSR count). The summed E-state index contributed by atoms with van der Waals surface area (Å²) < 4.78 is -0.329. The summed E-state index contributed by atoms with van der Waals surface area (Å²) in [5, 5.41) is 4.30. The van der Waals surface area contributed by atoms with Crippen LogP contribution in [-0.2, 0) is 4.79 Å². The second-order valence-corrected chi connectivity index (χ2v) is 7.00. The van der Waals surface area contributed by atoms with Gasteiger partial charge >= 0.3 is 0 Å². The predicted molar refractivity (Wildman–Crippen MR) is 73.3 cm³/mol. The van der Waals surface area contributed by atoms with Crippen LogP contribution in [0.4, 0.5) is 0 Å². The lowest BCUT2D eigenvalue weighted by molar-refractivity contribution is -0.119. The van der Waals surface area contributed by atoms with Gasteiger partial charge in [0.05, 0.1) is 0 Å². The van der Waals surface area contributed by atoms with Gasteiger partial charge in [-0.2, -0.15) is 4.99 Å². The Labute approximate surface area is 108 Å². The minimum absolute atomic E-state index is 0.0247. The van der Waals surface area contributed by atoms with Gasteiger partial charge in [-0.05, 0) is 44.9 Å². The molecule has 1 atom stereocenters. The number of nitrogens with zero attached hydrogens (tertiary/aromatic N) is 1. The van der Waals surface area contributed by atoms with Crippen LogP contribution in [0.5, 0.6) is 0 Å². The first-order valence-corrected chi connectivity index (χ1v) is 7.44. The summed E-state index contributed by atoms with van der Waals surface area (Å²) in [6.45, 7) is 6.35. The number of nitrogens with one attached hydrogen (secondary N) is 1. The lowest BCUT2D eigenvalue weighted by atomic mass is 9.87. The summed E-state index contributed by atoms with van der Waals surface area (Å²) in [5.74, 6) is 0.880. The number of amides is 1. The van der Waals surface area contributed by atoms with Crippen molar-refractivity contribution in [1.29, 1.82) is 0 Å². The summed E-state index contributed by atoms with van der Waals surface area (Å²) in [7, 11) is 0. The van der Waals surface area contributed by atoms with E-state index in [2.05, 4.69) is 17.2 Å². The van der Waals surface area contributed by atoms with Gasteiger partial charge in [-0.3, -0.25) is 4.79 Å². The van der Waals surface area contributed by atoms with E-state index in [1.54, 1.807) is 11.8 Å². The topological polar surface area (TPSA) is 41.5 Å². The van der Waals surface area contributed by atoms with Crippen molar-refractivity contribution in [2.45, 2.75) is 63.7 Å². The zero-order valence-electron chi connectivity index (χ0n) is 11.0. The number of carbonyl (C=O) groups is 1. The summed E-state index contributed by atoms with van der Waals surface area (Å²) in [6.07, 6.45) is 5.83. The first-order valence-electron chi connectivity index (χ1n) is 6.62. The van der Waals surface area contributed by atoms with Gasteiger partial charge in [-0.15, -0.1) is 0 Å². The summed E-state index contributed by atoms with van der Waals surface area (Å²) in [6, 6.07) is 0.518. The molecule has 1 heterocycles. The quantitative estimate of drug-likeness (QED) is 0.823. The van der Waals surface area contributed by atoms with Gasteiger partial charge in [0.1, 0.15) is 4.75 Å². The largest absolute Gasteiger partial charge is 0.362 e. The van der Waals surface area contributed by atoms with E-state index in [-0.39, 0.29) is 10.7 Å². The van der Waals surface area contributed by atoms with Crippen molar-refractivity contribution < 1.29 is 4.79 Å². The smallest absolute Gasteiger partial charge is 0.264 e. The van der Waals surface area contributed by atoms with Crippen molar-refractivity contribution >= 4 is 22.8 Å². The molecule has 1 saturated carbocycles. The first kappa shape index (κ1) is 12.9. The molecule has 1 aliphatic carbocycles. The van der Waals surface area contributed by atoms with Crippen LogP contribution in [0.25, 0.3) is 0 Å². The van der Waals surface area contributed by atoms with E-state index in [0.717, 1.165) is 17.5 Å². The molecule has 0 radical (unpaired) electrons. The van der Waals surface area contributed by atoms with Gasteiger partial charge in [0, 0.05) is 6.04 Å². The average molecular weight is 254 g/mol. The van der Waals surface area contributed by atoms with E-state index in [9.17, 15) is 4.79 Å². The number of rotatable bonds is 2. The van der Waals surface area contributed by atoms with Crippen LogP contribution in [-0.4, -0.2) is 21.9 Å². The van der Waals surface area contributed by atoms with Gasteiger partial charge in [-0.25, -0.2) is 0 Å². The highest BCUT2D eigenvalue weighted by Crippen LogP contribution is 2.36. The maximum Gasteiger partial charge on any atom is 0.264 e. The average Bonchev–Trinajstić information content (AvgIpc) is 2.58. The molecular formula is C13H22N2OS. The van der Waals surface area contributed by atoms with Crippen molar-refractivity contribution in [2.24, 2.45) is 10.9 Å². The van der Waals surface area contributed by atoms with Crippen LogP contribution < -0.4 is 5.32 Å². The Hall–Kier alpha value is -0.510. The lowest BCUT2D eigenvalue weighted by Gasteiger charge is -2.27. The Kier molecular flexibility index (Phi) is 3.81. The number of carbonyl (C=O) groups excluding carboxylic acids is 1. The first-order chi connectivity index (χ1) is 8.03. The molecular weight excluding hydrogens is 232 g/mol. The van der Waals surface area contributed by atoms with Gasteiger partial charge in [0.15, 0.2) is 5.17 Å². The fourth-order valence-corrected chi connectivity index (χ4v) is 3.41. The highest BCUT2D eigenvalue weighted by molar-refractivity contribution is 8.16. The molecule has 0 aromatic heterocycles. The fraction of sp³-hybridized carbons (Fsp3) is 0.846. The minimum Gasteiger partial charge on any atom is -0.362 e. The van der Waals surface area contributed by atoms with Crippen LogP contribution in [0.15, 0.2) is 4.99 Å². The number of hydrogen-bond donors (Lipinski definition) is 1. The maximum atomic E-state index is 11.8. The molecule has 96 valence electrons. The Bertz CT molecular complexity index is 334. The molecule has 0 aromatic carbocycles. The lowest BCUT2D eigenvalue weighted by Crippen LogP contribution is -2.36. The van der Waals surface area contributed by atoms with Gasteiger partial charge in [0.2, 0.25) is 0 Å². The summed E-state index contributed by atoms with van der Waals surface area (Å²) >= 11 is 1.60. The minimum atomic E-state index is -0.329. The SMILES string of the molecule is CCC1(C)SC(NC2CCC(C)CC2)=NC1=O. The standard InChI is InChI=1S/C13H22N2OS/c1-4-13(3)11(16)15-12(17-13)14-10-7-5-9(2)6-8-10/h9-10H,4-8H2,1-3H3,(H,14,15,16). The zero-order valence-corrected chi connectivity index (χ0v) is 11.8. The van der Waals surface area contributed by atoms with Crippen LogP contribution in [0, 0.1) is 5.92 Å². The van der Waals surface area contributed by atoms with Crippen LogP contribution >= 0.6 is 11.8 Å². The third kappa shape index (κ3) is 2.84. The zero-order chi connectivity index (χ0) is 12.5. The van der Waals surface area contributed by atoms with Crippen LogP contribution in [0.1, 0.15) is 52.9 Å². The van der Waals surface area contributed by atoms with Crippen molar-refractivity contribution in [2.75, 3.05) is 0 Å². The van der Waals surface area contributed by atoms with Crippen molar-refractivity contribution in [3.05, 3.63) is 0 Å². The van der Waals surface area contributed by atoms with E-state index in [1.807, 2.05) is 13.8 Å². The summed E-state index contributed by atoms with van der Waals surface area (Å²) in [4.78, 5) is 15.9. The Morgan fingerprint density at radius 1 is 1.41 bits per heavy atom. The second-order valence-electron chi connectivity index (χ2n) is 5.51. The monoisotopic (exact) mass is 254 g/mol. The number of aliphatic imine (C=N–C) groups is 1. The molecule has 1 unspecified atom stereocenters. The van der Waals surface area contributed by atoms with E-state index >= 15 is 0 Å². The normalized spacial score (nSPS) is 38.1. The molecule has 1 amide bonds. The molecule has 1 N–H and O–H groups in total. The Balaban J connectivity index is 1.89. The highest BCUT2D eigenvalue weighted by atomic mass is 32.2. The van der Waals surface area contributed by atoms with Crippen LogP contribution in [0.3, 0.4) is 0 Å². The van der Waals surface area contributed by atoms with Gasteiger partial charge in [0.25, 0.3) is 5.91 Å². The Morgan fingerprint density at radius 2 is 2.06 bits per heavy atom. The van der Waals surface area contributed by atoms with E-state index in [1.165, 1.54) is 25.7 Å². The summed E-state index contributed by atoms with van der Waals surface area (Å²) in [5.41, 5.74) is 0. The number of hydrogen-bond acceptors (Lipinski definition) is 3. The molecule has 1 fully saturated rings.